The summed E-state index contributed by atoms with van der Waals surface area (Å²) < 4.78 is 48.4. The van der Waals surface area contributed by atoms with Crippen LogP contribution >= 0.6 is 0 Å². The number of ether oxygens (including phenoxy) is 2. The van der Waals surface area contributed by atoms with Crippen LogP contribution in [0.25, 0.3) is 11.1 Å². The van der Waals surface area contributed by atoms with Gasteiger partial charge in [0.25, 0.3) is 0 Å². The molecule has 0 unspecified atom stereocenters. The molecule has 0 aliphatic carbocycles. The zero-order valence-corrected chi connectivity index (χ0v) is 18.2. The number of carbonyl (C=O) groups is 2. The molecule has 9 heteroatoms. The molecule has 34 heavy (non-hydrogen) atoms. The molecule has 0 aliphatic heterocycles. The summed E-state index contributed by atoms with van der Waals surface area (Å²) in [7, 11) is 1.52. The Balaban J connectivity index is 1.63. The van der Waals surface area contributed by atoms with E-state index >= 15 is 0 Å². The Morgan fingerprint density at radius 2 is 1.68 bits per heavy atom. The first-order valence-electron chi connectivity index (χ1n) is 10.2. The second-order valence-corrected chi connectivity index (χ2v) is 7.38. The third kappa shape index (κ3) is 6.74. The Labute approximate surface area is 193 Å². The maximum absolute atomic E-state index is 12.6. The summed E-state index contributed by atoms with van der Waals surface area (Å²) in [6.07, 6.45) is -5.01. The highest BCUT2D eigenvalue weighted by atomic mass is 19.4. The fourth-order valence-electron chi connectivity index (χ4n) is 3.34. The molecule has 0 aliphatic rings. The average Bonchev–Trinajstić information content (AvgIpc) is 2.78. The lowest BCUT2D eigenvalue weighted by Crippen LogP contribution is -2.15. The Morgan fingerprint density at radius 1 is 0.971 bits per heavy atom. The minimum Gasteiger partial charge on any atom is -0.496 e. The van der Waals surface area contributed by atoms with Gasteiger partial charge in [-0.15, -0.1) is 0 Å². The Bertz CT molecular complexity index is 1160. The summed E-state index contributed by atoms with van der Waals surface area (Å²) in [4.78, 5) is 23.0. The largest absolute Gasteiger partial charge is 0.496 e. The van der Waals surface area contributed by atoms with Gasteiger partial charge in [-0.2, -0.15) is 13.2 Å². The maximum Gasteiger partial charge on any atom is 0.416 e. The van der Waals surface area contributed by atoms with Gasteiger partial charge >= 0.3 is 18.2 Å². The number of hydrogen-bond donors (Lipinski definition) is 2. The van der Waals surface area contributed by atoms with E-state index in [1.807, 2.05) is 18.2 Å². The molecule has 0 saturated carbocycles. The number of methoxy groups -OCH3 is 1. The van der Waals surface area contributed by atoms with Gasteiger partial charge in [0.1, 0.15) is 5.75 Å². The molecule has 3 rings (SSSR count). The van der Waals surface area contributed by atoms with E-state index in [1.165, 1.54) is 7.11 Å². The summed E-state index contributed by atoms with van der Waals surface area (Å²) in [5.41, 5.74) is 2.49. The van der Waals surface area contributed by atoms with E-state index in [0.29, 0.717) is 17.7 Å². The van der Waals surface area contributed by atoms with Gasteiger partial charge in [0.05, 0.1) is 25.7 Å². The van der Waals surface area contributed by atoms with E-state index in [0.717, 1.165) is 41.0 Å². The molecule has 0 fully saturated rings. The molecule has 0 saturated heterocycles. The van der Waals surface area contributed by atoms with Crippen molar-refractivity contribution in [3.63, 3.8) is 0 Å². The van der Waals surface area contributed by atoms with Crippen LogP contribution in [0, 0.1) is 0 Å². The van der Waals surface area contributed by atoms with Crippen molar-refractivity contribution in [2.24, 2.45) is 0 Å². The van der Waals surface area contributed by atoms with Crippen molar-refractivity contribution in [2.75, 3.05) is 19.0 Å². The number of amides is 1. The van der Waals surface area contributed by atoms with Crippen LogP contribution in [0.5, 0.6) is 5.75 Å². The van der Waals surface area contributed by atoms with Crippen LogP contribution in [0.1, 0.15) is 16.7 Å². The number of alkyl halides is 3. The lowest BCUT2D eigenvalue weighted by molar-refractivity contribution is -0.138. The third-order valence-corrected chi connectivity index (χ3v) is 4.96. The highest BCUT2D eigenvalue weighted by molar-refractivity contribution is 5.84. The van der Waals surface area contributed by atoms with Crippen molar-refractivity contribution >= 4 is 17.7 Å². The number of carbonyl (C=O) groups excluding carboxylic acids is 1. The first kappa shape index (κ1) is 24.6. The fourth-order valence-corrected chi connectivity index (χ4v) is 3.34. The normalized spacial score (nSPS) is 11.1. The molecule has 1 amide bonds. The molecular formula is C25H22F3NO5. The molecule has 0 aromatic heterocycles. The lowest BCUT2D eigenvalue weighted by Gasteiger charge is -2.13. The van der Waals surface area contributed by atoms with Crippen molar-refractivity contribution < 1.29 is 37.3 Å². The van der Waals surface area contributed by atoms with Crippen LogP contribution in [-0.2, 0) is 28.5 Å². The van der Waals surface area contributed by atoms with E-state index in [2.05, 4.69) is 5.32 Å². The number of carboxylic acid groups (broad SMARTS) is 1. The minimum atomic E-state index is -4.45. The third-order valence-electron chi connectivity index (χ3n) is 4.96. The molecule has 2 N–H and O–H groups in total. The molecule has 3 aromatic rings. The topological polar surface area (TPSA) is 84.9 Å². The van der Waals surface area contributed by atoms with E-state index in [4.69, 9.17) is 14.6 Å². The monoisotopic (exact) mass is 473 g/mol. The molecule has 6 nitrogen and oxygen atoms in total. The smallest absolute Gasteiger partial charge is 0.416 e. The highest BCUT2D eigenvalue weighted by Gasteiger charge is 2.30. The highest BCUT2D eigenvalue weighted by Crippen LogP contribution is 2.30. The van der Waals surface area contributed by atoms with Gasteiger partial charge in [-0.1, -0.05) is 30.3 Å². The summed E-state index contributed by atoms with van der Waals surface area (Å²) in [6, 6.07) is 16.7. The van der Waals surface area contributed by atoms with E-state index in [9.17, 15) is 22.8 Å². The first-order chi connectivity index (χ1) is 16.2. The number of anilines is 1. The number of carboxylic acids is 1. The van der Waals surface area contributed by atoms with Crippen molar-refractivity contribution in [3.8, 4) is 16.9 Å². The summed E-state index contributed by atoms with van der Waals surface area (Å²) in [5, 5.41) is 11.4. The Morgan fingerprint density at radius 3 is 2.32 bits per heavy atom. The van der Waals surface area contributed by atoms with Gasteiger partial charge in [-0.3, -0.25) is 10.1 Å². The molecule has 178 valence electrons. The van der Waals surface area contributed by atoms with Crippen LogP contribution < -0.4 is 10.1 Å². The second-order valence-electron chi connectivity index (χ2n) is 7.38. The van der Waals surface area contributed by atoms with E-state index in [1.54, 1.807) is 24.3 Å². The molecule has 3 aromatic carbocycles. The van der Waals surface area contributed by atoms with Crippen molar-refractivity contribution in [1.29, 1.82) is 0 Å². The predicted molar refractivity (Wildman–Crippen MR) is 120 cm³/mol. The molecule has 0 heterocycles. The number of aliphatic carboxylic acids is 1. The fraction of sp³-hybridized carbons (Fsp3) is 0.200. The van der Waals surface area contributed by atoms with Crippen molar-refractivity contribution in [1.82, 2.24) is 0 Å². The Hall–Kier alpha value is -4.01. The van der Waals surface area contributed by atoms with E-state index < -0.39 is 23.8 Å². The average molecular weight is 473 g/mol. The van der Waals surface area contributed by atoms with Gasteiger partial charge in [-0.05, 0) is 58.7 Å². The molecule has 0 radical (unpaired) electrons. The van der Waals surface area contributed by atoms with Gasteiger partial charge in [0, 0.05) is 12.1 Å². The number of benzene rings is 3. The molecule has 0 bridgehead atoms. The minimum absolute atomic E-state index is 0.00529. The predicted octanol–water partition coefficient (Wildman–Crippen LogP) is 5.80. The number of rotatable bonds is 8. The van der Waals surface area contributed by atoms with Crippen LogP contribution in [0.15, 0.2) is 66.7 Å². The summed E-state index contributed by atoms with van der Waals surface area (Å²) in [6.45, 7) is 0.00529. The van der Waals surface area contributed by atoms with Crippen molar-refractivity contribution in [2.45, 2.75) is 19.0 Å². The molecule has 0 spiro atoms. The quantitative estimate of drug-likeness (QED) is 0.432. The van der Waals surface area contributed by atoms with Gasteiger partial charge in [0.15, 0.2) is 0 Å². The zero-order chi connectivity index (χ0) is 24.7. The van der Waals surface area contributed by atoms with Crippen LogP contribution in [0.2, 0.25) is 0 Å². The Kier molecular flexibility index (Phi) is 7.78. The molecule has 0 atom stereocenters. The van der Waals surface area contributed by atoms with Gasteiger partial charge in [-0.25, -0.2) is 4.79 Å². The van der Waals surface area contributed by atoms with Crippen LogP contribution in [0.4, 0.5) is 23.7 Å². The van der Waals surface area contributed by atoms with Crippen LogP contribution in [-0.4, -0.2) is 30.9 Å². The summed E-state index contributed by atoms with van der Waals surface area (Å²) >= 11 is 0. The van der Waals surface area contributed by atoms with Crippen LogP contribution in [0.3, 0.4) is 0 Å². The summed E-state index contributed by atoms with van der Waals surface area (Å²) in [5.74, 6) is -0.323. The van der Waals surface area contributed by atoms with Gasteiger partial charge < -0.3 is 14.6 Å². The van der Waals surface area contributed by atoms with E-state index in [-0.39, 0.29) is 18.7 Å². The first-order valence-corrected chi connectivity index (χ1v) is 10.2. The van der Waals surface area contributed by atoms with Crippen molar-refractivity contribution in [3.05, 3.63) is 83.4 Å². The number of halogens is 3. The maximum atomic E-state index is 12.6. The SMILES string of the molecule is COc1ccc(-c2cccc(CC(=O)O)c2)cc1CCOC(=O)Nc1ccc(C(F)(F)F)cc1. The molecular weight excluding hydrogens is 451 g/mol. The number of nitrogens with one attached hydrogen (secondary N) is 1. The second kappa shape index (κ2) is 10.7. The number of hydrogen-bond acceptors (Lipinski definition) is 4. The lowest BCUT2D eigenvalue weighted by atomic mass is 9.98. The zero-order valence-electron chi connectivity index (χ0n) is 18.2. The van der Waals surface area contributed by atoms with Gasteiger partial charge in [0.2, 0.25) is 0 Å². The standard InChI is InChI=1S/C25H22F3NO5/c1-33-22-10-5-18(17-4-2-3-16(13-17)14-23(30)31)15-19(22)11-12-34-24(32)29-21-8-6-20(7-9-21)25(26,27)28/h2-10,13,15H,11-12,14H2,1H3,(H,29,32)(H,30,31).